The number of aliphatic carboxylic acids is 1. The van der Waals surface area contributed by atoms with Crippen molar-refractivity contribution in [1.29, 1.82) is 0 Å². The monoisotopic (exact) mass is 1050 g/mol. The van der Waals surface area contributed by atoms with Crippen molar-refractivity contribution < 1.29 is 43.2 Å². The van der Waals surface area contributed by atoms with E-state index in [1.165, 1.54) is 17.4 Å². The summed E-state index contributed by atoms with van der Waals surface area (Å²) in [6, 6.07) is 15.4. The number of fused-ring (bicyclic) bond motifs is 2. The number of benzene rings is 3. The molecule has 366 valence electrons. The first-order valence-electron chi connectivity index (χ1n) is 21.1. The highest BCUT2D eigenvalue weighted by Crippen LogP contribution is 2.37. The number of carboxylic acids is 1. The van der Waals surface area contributed by atoms with Crippen LogP contribution in [0.2, 0.25) is 10.0 Å². The Morgan fingerprint density at radius 3 is 2.39 bits per heavy atom. The van der Waals surface area contributed by atoms with Gasteiger partial charge in [0.2, 0.25) is 5.91 Å². The molecule has 3 heterocycles. The van der Waals surface area contributed by atoms with Crippen molar-refractivity contribution in [2.24, 2.45) is 5.73 Å². The highest BCUT2D eigenvalue weighted by Gasteiger charge is 2.32. The molecule has 0 aliphatic carbocycles. The van der Waals surface area contributed by atoms with Gasteiger partial charge in [-0.05, 0) is 75.8 Å². The maximum absolute atomic E-state index is 12.5. The first kappa shape index (κ1) is 57.1. The molecular formula is C45H56Cl5N6O10P. The van der Waals surface area contributed by atoms with Gasteiger partial charge in [-0.2, -0.15) is 4.68 Å². The van der Waals surface area contributed by atoms with Crippen LogP contribution in [-0.2, 0) is 43.1 Å². The van der Waals surface area contributed by atoms with Gasteiger partial charge in [-0.15, -0.1) is 23.1 Å². The summed E-state index contributed by atoms with van der Waals surface area (Å²) in [4.78, 5) is 57.3. The van der Waals surface area contributed by atoms with Crippen molar-refractivity contribution in [3.05, 3.63) is 92.1 Å². The third-order valence-electron chi connectivity index (χ3n) is 9.97. The summed E-state index contributed by atoms with van der Waals surface area (Å²) in [5, 5.41) is 13.3. The average molecular weight is 1050 g/mol. The van der Waals surface area contributed by atoms with Gasteiger partial charge in [0.1, 0.15) is 49.2 Å². The molecule has 4 aromatic rings. The van der Waals surface area contributed by atoms with Crippen molar-refractivity contribution in [2.45, 2.75) is 83.3 Å². The Hall–Kier alpha value is -4.27. The summed E-state index contributed by atoms with van der Waals surface area (Å²) in [6.45, 7) is 11.1. The molecule has 3 aromatic carbocycles. The number of nitrogens with zero attached hydrogens (tertiary/aromatic N) is 5. The fraction of sp³-hybridized carbons (Fsp3) is 0.444. The third-order valence-corrected chi connectivity index (χ3v) is 12.3. The van der Waals surface area contributed by atoms with Crippen LogP contribution in [-0.4, -0.2) is 104 Å². The minimum Gasteiger partial charge on any atom is -0.489 e. The predicted octanol–water partition coefficient (Wildman–Crippen LogP) is 8.11. The lowest BCUT2D eigenvalue weighted by Crippen LogP contribution is -2.47. The molecule has 3 unspecified atom stereocenters. The molecule has 0 spiro atoms. The summed E-state index contributed by atoms with van der Waals surface area (Å²) < 4.78 is 29.9. The number of alkyl halides is 3. The molecule has 0 bridgehead atoms. The van der Waals surface area contributed by atoms with Crippen LogP contribution >= 0.6 is 65.4 Å². The van der Waals surface area contributed by atoms with Crippen molar-refractivity contribution in [3.8, 4) is 29.5 Å². The Balaban J connectivity index is 0.000000244. The molecule has 0 saturated heterocycles. The number of terminal acetylenes is 1. The van der Waals surface area contributed by atoms with Crippen LogP contribution < -0.4 is 30.7 Å². The van der Waals surface area contributed by atoms with E-state index in [2.05, 4.69) is 17.9 Å². The second-order valence-electron chi connectivity index (χ2n) is 15.1. The third kappa shape index (κ3) is 16.7. The Morgan fingerprint density at radius 1 is 1.09 bits per heavy atom. The number of carbonyl (C=O) groups is 3. The van der Waals surface area contributed by atoms with Gasteiger partial charge in [0, 0.05) is 38.5 Å². The molecule has 2 aliphatic heterocycles. The Bertz CT molecular complexity index is 2460. The Kier molecular flexibility index (Phi) is 23.5. The van der Waals surface area contributed by atoms with Gasteiger partial charge in [-0.1, -0.05) is 89.6 Å². The van der Waals surface area contributed by atoms with Crippen molar-refractivity contribution in [3.63, 3.8) is 0 Å². The summed E-state index contributed by atoms with van der Waals surface area (Å²) in [6.07, 6.45) is 8.84. The van der Waals surface area contributed by atoms with Crippen LogP contribution in [0.15, 0.2) is 59.4 Å². The molecule has 4 N–H and O–H groups in total. The number of ether oxygens (including phenoxy) is 3. The number of carbonyl (C=O) groups excluding carboxylic acids is 2. The number of aromatic nitrogens is 3. The van der Waals surface area contributed by atoms with E-state index >= 15 is 0 Å². The maximum atomic E-state index is 12.5. The van der Waals surface area contributed by atoms with E-state index in [1.807, 2.05) is 63.2 Å². The minimum atomic E-state index is -3.10. The van der Waals surface area contributed by atoms with Gasteiger partial charge in [0.15, 0.2) is 12.2 Å². The molecule has 2 amide bonds. The number of anilines is 2. The molecule has 6 rings (SSSR count). The molecule has 1 aromatic heterocycles. The van der Waals surface area contributed by atoms with Gasteiger partial charge >= 0.3 is 11.7 Å². The number of para-hydroxylation sites is 3. The van der Waals surface area contributed by atoms with E-state index in [1.54, 1.807) is 20.4 Å². The topological polar surface area (TPSA) is 209 Å². The van der Waals surface area contributed by atoms with Crippen LogP contribution in [0, 0.1) is 19.3 Å². The number of halogens is 5. The van der Waals surface area contributed by atoms with Crippen LogP contribution in [0.25, 0.3) is 5.69 Å². The smallest absolute Gasteiger partial charge is 0.350 e. The van der Waals surface area contributed by atoms with Crippen LogP contribution in [0.1, 0.15) is 57.0 Å². The van der Waals surface area contributed by atoms with Crippen LogP contribution in [0.5, 0.6) is 11.5 Å². The average Bonchev–Trinajstić information content (AvgIpc) is 3.63. The van der Waals surface area contributed by atoms with Gasteiger partial charge in [-0.3, -0.25) is 28.4 Å². The van der Waals surface area contributed by atoms with Crippen LogP contribution in [0.4, 0.5) is 11.4 Å². The first-order chi connectivity index (χ1) is 31.7. The largest absolute Gasteiger partial charge is 0.489 e. The summed E-state index contributed by atoms with van der Waals surface area (Å²) in [5.74, 6) is 2.57. The number of aryl methyl sites for hydroxylation is 3. The second-order valence-corrected chi connectivity index (χ2v) is 19.8. The molecule has 3 atom stereocenters. The SMILES string of the molecule is C#CCOc1cc(-n2nc3n(c2=O)CCCC3)c(Cl)cc1Cl.CC1COc2ccccc2N1C(=O)C(Cl)Cl.CCOCN(C(=O)CCl)c1c(C)cccc1CC.CP(=O)(O)CCC(N)C(=O)O. The Morgan fingerprint density at radius 2 is 1.79 bits per heavy atom. The van der Waals surface area contributed by atoms with Crippen molar-refractivity contribution in [2.75, 3.05) is 55.1 Å². The molecule has 2 aliphatic rings. The lowest BCUT2D eigenvalue weighted by molar-refractivity contribution is -0.138. The van der Waals surface area contributed by atoms with E-state index in [4.69, 9.17) is 94.4 Å². The van der Waals surface area contributed by atoms with E-state index in [9.17, 15) is 23.7 Å². The number of hydrogen-bond acceptors (Lipinski definition) is 10. The fourth-order valence-electron chi connectivity index (χ4n) is 6.62. The maximum Gasteiger partial charge on any atom is 0.350 e. The van der Waals surface area contributed by atoms with Crippen molar-refractivity contribution >= 4 is 94.5 Å². The van der Waals surface area contributed by atoms with Gasteiger partial charge in [-0.25, -0.2) is 4.79 Å². The highest BCUT2D eigenvalue weighted by atomic mass is 35.5. The van der Waals surface area contributed by atoms with Gasteiger partial charge in [0.25, 0.3) is 5.91 Å². The lowest BCUT2D eigenvalue weighted by Gasteiger charge is -2.35. The van der Waals surface area contributed by atoms with Crippen LogP contribution in [0.3, 0.4) is 0 Å². The van der Waals surface area contributed by atoms with E-state index in [-0.39, 0.29) is 55.3 Å². The zero-order valence-corrected chi connectivity index (χ0v) is 42.5. The fourth-order valence-corrected chi connectivity index (χ4v) is 8.25. The molecule has 0 radical (unpaired) electrons. The highest BCUT2D eigenvalue weighted by molar-refractivity contribution is 7.57. The quantitative estimate of drug-likeness (QED) is 0.0474. The number of carboxylic acid groups (broad SMARTS) is 1. The van der Waals surface area contributed by atoms with Crippen molar-refractivity contribution in [1.82, 2.24) is 14.3 Å². The first-order valence-corrected chi connectivity index (χ1v) is 25.5. The number of nitrogens with two attached hydrogens (primary N) is 1. The summed E-state index contributed by atoms with van der Waals surface area (Å²) in [5.41, 5.74) is 9.17. The van der Waals surface area contributed by atoms with Gasteiger partial charge in [0.05, 0.1) is 33.1 Å². The number of rotatable bonds is 14. The molecule has 0 fully saturated rings. The molecule has 22 heteroatoms. The van der Waals surface area contributed by atoms with E-state index in [0.717, 1.165) is 54.0 Å². The number of amides is 2. The minimum absolute atomic E-state index is 0.0371. The van der Waals surface area contributed by atoms with Gasteiger partial charge < -0.3 is 34.8 Å². The molecule has 67 heavy (non-hydrogen) atoms. The standard InChI is InChI=1S/C15H13Cl2N3O2.C14H20ClNO2.C11H11Cl2NO2.C5H12NO4P/c1-2-7-22-13-9-12(10(16)8-11(13)17)20-15(21)19-6-4-3-5-14(19)18-20;1-4-12-8-6-7-11(3)14(12)16(10-18-5-2)13(17)9-15;1-7-6-16-9-5-3-2-4-8(9)14(7)11(15)10(12)13;1-11(9,10)3-2-4(6)5(7)8/h1,8-9H,3-7H2;6-8H,4-5,9-10H2,1-3H3;2-5,7,10H,6H2,1H3;4H,2-3,6H2,1H3,(H,7,8)(H,9,10). The molecule has 0 saturated carbocycles. The zero-order chi connectivity index (χ0) is 50.0. The predicted molar refractivity (Wildman–Crippen MR) is 266 cm³/mol. The Labute approximate surface area is 415 Å². The molecular weight excluding hydrogens is 993 g/mol. The molecule has 16 nitrogen and oxygen atoms in total. The summed E-state index contributed by atoms with van der Waals surface area (Å²) in [7, 11) is -3.10. The lowest BCUT2D eigenvalue weighted by atomic mass is 10.0. The summed E-state index contributed by atoms with van der Waals surface area (Å²) >= 11 is 29.2. The number of hydrogen-bond donors (Lipinski definition) is 3. The zero-order valence-electron chi connectivity index (χ0n) is 37.8. The second kappa shape index (κ2) is 27.7. The van der Waals surface area contributed by atoms with E-state index < -0.39 is 24.2 Å². The van der Waals surface area contributed by atoms with E-state index in [0.29, 0.717) is 47.0 Å². The normalized spacial score (nSPS) is 14.9.